The highest BCUT2D eigenvalue weighted by atomic mass is 35.5. The summed E-state index contributed by atoms with van der Waals surface area (Å²) >= 11 is 6.27. The molecule has 8 heteroatoms. The molecule has 0 spiro atoms. The van der Waals surface area contributed by atoms with Crippen molar-refractivity contribution >= 4 is 21.8 Å². The fourth-order valence-corrected chi connectivity index (χ4v) is 4.54. The monoisotopic (exact) mass is 375 g/mol. The van der Waals surface area contributed by atoms with Gasteiger partial charge in [0.15, 0.2) is 0 Å². The Hall–Kier alpha value is -0.700. The molecule has 1 aromatic rings. The molecule has 6 nitrogen and oxygen atoms in total. The van der Waals surface area contributed by atoms with E-state index in [1.54, 1.807) is 0 Å². The van der Waals surface area contributed by atoms with Crippen molar-refractivity contribution in [2.24, 2.45) is 0 Å². The Morgan fingerprint density at radius 2 is 1.88 bits per heavy atom. The second-order valence-electron chi connectivity index (χ2n) is 6.43. The van der Waals surface area contributed by atoms with Crippen molar-refractivity contribution in [2.45, 2.75) is 32.1 Å². The highest BCUT2D eigenvalue weighted by Gasteiger charge is 2.31. The number of hydrogen-bond donors (Lipinski definition) is 1. The Kier molecular flexibility index (Phi) is 6.64. The summed E-state index contributed by atoms with van der Waals surface area (Å²) in [7, 11) is 0.243. The van der Waals surface area contributed by atoms with Gasteiger partial charge in [0.25, 0.3) is 10.2 Å². The number of rotatable bonds is 6. The topological polar surface area (TPSA) is 61.9 Å². The molecular formula is C16H26ClN3O3S. The van der Waals surface area contributed by atoms with Crippen molar-refractivity contribution in [3.63, 3.8) is 0 Å². The van der Waals surface area contributed by atoms with Crippen LogP contribution in [0.3, 0.4) is 0 Å². The first-order valence-corrected chi connectivity index (χ1v) is 9.83. The van der Waals surface area contributed by atoms with E-state index in [1.165, 1.54) is 4.31 Å². The minimum atomic E-state index is -3.57. The summed E-state index contributed by atoms with van der Waals surface area (Å²) in [5.74, 6) is 0. The summed E-state index contributed by atoms with van der Waals surface area (Å²) in [4.78, 5) is 1.95. The van der Waals surface area contributed by atoms with E-state index in [9.17, 15) is 8.42 Å². The van der Waals surface area contributed by atoms with Gasteiger partial charge in [0, 0.05) is 30.7 Å². The van der Waals surface area contributed by atoms with Gasteiger partial charge in [0.2, 0.25) is 0 Å². The zero-order chi connectivity index (χ0) is 17.9. The lowest BCUT2D eigenvalue weighted by Crippen LogP contribution is -2.52. The molecule has 1 saturated heterocycles. The van der Waals surface area contributed by atoms with Crippen LogP contribution < -0.4 is 4.72 Å². The summed E-state index contributed by atoms with van der Waals surface area (Å²) in [6.07, 6.45) is -0.225. The normalized spacial score (nSPS) is 24.2. The SMILES string of the molecule is CC1CN(S(=O)(=O)NCC(c2ccccc2Cl)N(C)C)CC(C)O1. The Morgan fingerprint density at radius 3 is 2.42 bits per heavy atom. The van der Waals surface area contributed by atoms with Gasteiger partial charge in [-0.2, -0.15) is 12.7 Å². The maximum Gasteiger partial charge on any atom is 0.279 e. The van der Waals surface area contributed by atoms with Crippen molar-refractivity contribution in [3.05, 3.63) is 34.9 Å². The molecule has 24 heavy (non-hydrogen) atoms. The molecule has 0 aliphatic carbocycles. The minimum absolute atomic E-state index is 0.112. The van der Waals surface area contributed by atoms with Gasteiger partial charge < -0.3 is 9.64 Å². The molecule has 3 atom stereocenters. The summed E-state index contributed by atoms with van der Waals surface area (Å²) in [5, 5.41) is 0.629. The molecule has 1 heterocycles. The maximum atomic E-state index is 12.6. The van der Waals surface area contributed by atoms with Crippen LogP contribution in [0.15, 0.2) is 24.3 Å². The van der Waals surface area contributed by atoms with Crippen molar-refractivity contribution in [2.75, 3.05) is 33.7 Å². The molecule has 1 aliphatic rings. The van der Waals surface area contributed by atoms with E-state index in [0.717, 1.165) is 5.56 Å². The highest BCUT2D eigenvalue weighted by molar-refractivity contribution is 7.87. The number of benzene rings is 1. The highest BCUT2D eigenvalue weighted by Crippen LogP contribution is 2.25. The first kappa shape index (κ1) is 19.6. The molecule has 0 saturated carbocycles. The average molecular weight is 376 g/mol. The second-order valence-corrected chi connectivity index (χ2v) is 8.59. The molecule has 0 amide bonds. The van der Waals surface area contributed by atoms with E-state index in [0.29, 0.717) is 18.1 Å². The molecular weight excluding hydrogens is 350 g/mol. The summed E-state index contributed by atoms with van der Waals surface area (Å²) in [6, 6.07) is 7.34. The Morgan fingerprint density at radius 1 is 1.29 bits per heavy atom. The number of hydrogen-bond acceptors (Lipinski definition) is 4. The Balaban J connectivity index is 2.10. The van der Waals surface area contributed by atoms with Gasteiger partial charge in [0.05, 0.1) is 12.2 Å². The smallest absolute Gasteiger partial charge is 0.279 e. The van der Waals surface area contributed by atoms with Crippen LogP contribution in [0.4, 0.5) is 0 Å². The van der Waals surface area contributed by atoms with E-state index in [1.807, 2.05) is 57.1 Å². The van der Waals surface area contributed by atoms with Gasteiger partial charge in [-0.3, -0.25) is 0 Å². The largest absolute Gasteiger partial charge is 0.373 e. The van der Waals surface area contributed by atoms with E-state index in [2.05, 4.69) is 4.72 Å². The third-order valence-electron chi connectivity index (χ3n) is 4.07. The van der Waals surface area contributed by atoms with E-state index in [-0.39, 0.29) is 24.8 Å². The summed E-state index contributed by atoms with van der Waals surface area (Å²) in [5.41, 5.74) is 0.899. The van der Waals surface area contributed by atoms with Crippen LogP contribution in [0.1, 0.15) is 25.5 Å². The van der Waals surface area contributed by atoms with Gasteiger partial charge in [-0.15, -0.1) is 0 Å². The van der Waals surface area contributed by atoms with E-state index >= 15 is 0 Å². The van der Waals surface area contributed by atoms with E-state index < -0.39 is 10.2 Å². The molecule has 1 aliphatic heterocycles. The fraction of sp³-hybridized carbons (Fsp3) is 0.625. The number of ether oxygens (including phenoxy) is 1. The molecule has 1 aromatic carbocycles. The lowest BCUT2D eigenvalue weighted by molar-refractivity contribution is -0.0444. The van der Waals surface area contributed by atoms with Gasteiger partial charge in [-0.25, -0.2) is 4.72 Å². The summed E-state index contributed by atoms with van der Waals surface area (Å²) < 4.78 is 35.0. The first-order valence-electron chi connectivity index (χ1n) is 8.01. The lowest BCUT2D eigenvalue weighted by Gasteiger charge is -2.35. The van der Waals surface area contributed by atoms with Gasteiger partial charge in [-0.05, 0) is 39.6 Å². The number of nitrogens with one attached hydrogen (secondary N) is 1. The van der Waals surface area contributed by atoms with Crippen molar-refractivity contribution in [3.8, 4) is 0 Å². The zero-order valence-corrected chi connectivity index (χ0v) is 16.1. The van der Waals surface area contributed by atoms with Crippen LogP contribution in [0, 0.1) is 0 Å². The van der Waals surface area contributed by atoms with Gasteiger partial charge in [-0.1, -0.05) is 29.8 Å². The van der Waals surface area contributed by atoms with Gasteiger partial charge >= 0.3 is 0 Å². The van der Waals surface area contributed by atoms with Crippen LogP contribution >= 0.6 is 11.6 Å². The first-order chi connectivity index (χ1) is 11.2. The Labute approximate surface area is 149 Å². The molecule has 1 N–H and O–H groups in total. The number of likely N-dealkylation sites (N-methyl/N-ethyl adjacent to an activating group) is 1. The molecule has 0 bridgehead atoms. The predicted octanol–water partition coefficient (Wildman–Crippen LogP) is 1.89. The van der Waals surface area contributed by atoms with Gasteiger partial charge in [0.1, 0.15) is 0 Å². The maximum absolute atomic E-state index is 12.6. The molecule has 1 fully saturated rings. The second kappa shape index (κ2) is 8.12. The Bertz CT molecular complexity index is 644. The summed E-state index contributed by atoms with van der Waals surface area (Å²) in [6.45, 7) is 4.73. The number of nitrogens with zero attached hydrogens (tertiary/aromatic N) is 2. The van der Waals surface area contributed by atoms with Crippen LogP contribution in [-0.2, 0) is 14.9 Å². The quantitative estimate of drug-likeness (QED) is 0.824. The standard InChI is InChI=1S/C16H26ClN3O3S/c1-12-10-20(11-13(2)23-12)24(21,22)18-9-16(19(3)4)14-7-5-6-8-15(14)17/h5-8,12-13,16,18H,9-11H2,1-4H3. The molecule has 0 radical (unpaired) electrons. The van der Waals surface area contributed by atoms with Crippen LogP contribution in [0.2, 0.25) is 5.02 Å². The zero-order valence-electron chi connectivity index (χ0n) is 14.6. The van der Waals surface area contributed by atoms with Crippen LogP contribution in [0.5, 0.6) is 0 Å². The van der Waals surface area contributed by atoms with Crippen molar-refractivity contribution in [1.82, 2.24) is 13.9 Å². The molecule has 136 valence electrons. The number of morpholine rings is 1. The van der Waals surface area contributed by atoms with Crippen molar-refractivity contribution < 1.29 is 13.2 Å². The fourth-order valence-electron chi connectivity index (χ4n) is 2.92. The molecule has 0 aromatic heterocycles. The molecule has 3 unspecified atom stereocenters. The third-order valence-corrected chi connectivity index (χ3v) is 5.93. The number of halogens is 1. The predicted molar refractivity (Wildman–Crippen MR) is 96.4 cm³/mol. The van der Waals surface area contributed by atoms with Crippen molar-refractivity contribution in [1.29, 1.82) is 0 Å². The lowest BCUT2D eigenvalue weighted by atomic mass is 10.1. The third kappa shape index (κ3) is 4.91. The van der Waals surface area contributed by atoms with E-state index in [4.69, 9.17) is 16.3 Å². The van der Waals surface area contributed by atoms with Crippen LogP contribution in [-0.4, -0.2) is 63.6 Å². The average Bonchev–Trinajstić information content (AvgIpc) is 2.48. The minimum Gasteiger partial charge on any atom is -0.373 e. The molecule has 2 rings (SSSR count). The van der Waals surface area contributed by atoms with Crippen LogP contribution in [0.25, 0.3) is 0 Å².